The molecule has 0 radical (unpaired) electrons. The van der Waals surface area contributed by atoms with Gasteiger partial charge in [-0.3, -0.25) is 24.2 Å². The number of aromatic amines is 1. The molecule has 1 aliphatic heterocycles. The van der Waals surface area contributed by atoms with Gasteiger partial charge in [-0.1, -0.05) is 23.2 Å². The molecule has 168 valence electrons. The summed E-state index contributed by atoms with van der Waals surface area (Å²) in [5.74, 6) is -2.13. The molecular weight excluding hydrogens is 469 g/mol. The number of hydrogen-bond donors (Lipinski definition) is 4. The van der Waals surface area contributed by atoms with Crippen LogP contribution in [0.1, 0.15) is 35.2 Å². The number of fused-ring (bicyclic) bond motifs is 1. The molecule has 1 atom stereocenters. The number of carbonyl (C=O) groups is 3. The summed E-state index contributed by atoms with van der Waals surface area (Å²) in [7, 11) is 0. The third kappa shape index (κ3) is 5.05. The molecule has 0 spiro atoms. The van der Waals surface area contributed by atoms with E-state index in [2.05, 4.69) is 25.9 Å². The quantitative estimate of drug-likeness (QED) is 0.402. The zero-order valence-electron chi connectivity index (χ0n) is 17.2. The molecule has 1 unspecified atom stereocenters. The van der Waals surface area contributed by atoms with Crippen LogP contribution in [0.25, 0.3) is 0 Å². The summed E-state index contributed by atoms with van der Waals surface area (Å²) in [6.45, 7) is 1.44. The van der Waals surface area contributed by atoms with E-state index in [-0.39, 0.29) is 29.5 Å². The molecule has 0 bridgehead atoms. The summed E-state index contributed by atoms with van der Waals surface area (Å²) in [5.41, 5.74) is 0.862. The minimum atomic E-state index is -1.05. The van der Waals surface area contributed by atoms with E-state index in [0.29, 0.717) is 27.0 Å². The smallest absolute Gasteiger partial charge is 0.258 e. The van der Waals surface area contributed by atoms with Gasteiger partial charge in [-0.25, -0.2) is 0 Å². The van der Waals surface area contributed by atoms with Crippen LogP contribution in [0, 0.1) is 0 Å². The Morgan fingerprint density at radius 3 is 2.33 bits per heavy atom. The van der Waals surface area contributed by atoms with Gasteiger partial charge in [-0.2, -0.15) is 4.98 Å². The molecule has 0 aliphatic carbocycles. The Bertz CT molecular complexity index is 1320. The van der Waals surface area contributed by atoms with Crippen LogP contribution >= 0.6 is 23.2 Å². The number of Topliss-reactive ketones (excluding diaryl/α,β-unsaturated/α-hetero) is 1. The first-order valence-electron chi connectivity index (χ1n) is 9.78. The van der Waals surface area contributed by atoms with Crippen molar-refractivity contribution in [3.05, 3.63) is 74.0 Å². The molecular formula is C22H17Cl2N5O4. The van der Waals surface area contributed by atoms with E-state index in [1.165, 1.54) is 6.92 Å². The lowest BCUT2D eigenvalue weighted by atomic mass is 9.92. The maximum absolute atomic E-state index is 12.9. The number of amides is 2. The van der Waals surface area contributed by atoms with Gasteiger partial charge in [0.05, 0.1) is 11.5 Å². The van der Waals surface area contributed by atoms with Gasteiger partial charge in [-0.15, -0.1) is 0 Å². The largest absolute Gasteiger partial charge is 0.326 e. The molecule has 3 aromatic rings. The molecule has 0 saturated heterocycles. The number of nitrogens with one attached hydrogen (secondary N) is 4. The number of carbonyl (C=O) groups excluding carboxylic acids is 3. The summed E-state index contributed by atoms with van der Waals surface area (Å²) < 4.78 is 0. The van der Waals surface area contributed by atoms with E-state index < -0.39 is 23.3 Å². The third-order valence-corrected chi connectivity index (χ3v) is 5.39. The Balaban J connectivity index is 1.61. The molecule has 4 N–H and O–H groups in total. The second kappa shape index (κ2) is 9.05. The van der Waals surface area contributed by atoms with Crippen molar-refractivity contribution in [3.8, 4) is 0 Å². The zero-order chi connectivity index (χ0) is 23.7. The summed E-state index contributed by atoms with van der Waals surface area (Å²) in [6.07, 6.45) is -0.216. The molecule has 2 aromatic carbocycles. The first-order chi connectivity index (χ1) is 15.7. The van der Waals surface area contributed by atoms with Crippen molar-refractivity contribution >= 4 is 63.9 Å². The molecule has 2 heterocycles. The van der Waals surface area contributed by atoms with Crippen molar-refractivity contribution in [2.45, 2.75) is 19.3 Å². The van der Waals surface area contributed by atoms with Gasteiger partial charge >= 0.3 is 0 Å². The first-order valence-corrected chi connectivity index (χ1v) is 10.5. The Labute approximate surface area is 197 Å². The van der Waals surface area contributed by atoms with Gasteiger partial charge < -0.3 is 16.0 Å². The topological polar surface area (TPSA) is 133 Å². The monoisotopic (exact) mass is 485 g/mol. The van der Waals surface area contributed by atoms with Crippen molar-refractivity contribution in [3.63, 3.8) is 0 Å². The maximum atomic E-state index is 12.9. The zero-order valence-corrected chi connectivity index (χ0v) is 18.7. The molecule has 1 aromatic heterocycles. The second-order valence-corrected chi connectivity index (χ2v) is 8.26. The standard InChI is InChI=1S/C22H17Cl2N5O4/c1-10(30)11-2-4-14(5-3-11)25-20(32)16-9-17(31)27-19-18(16)21(33)29-22(28-19)26-15-7-12(23)6-13(24)8-15/h2-8,16H,9H2,1H3,(H,25,32)(H3,26,27,28,29,31,33). The minimum absolute atomic E-state index is 0.0160. The lowest BCUT2D eigenvalue weighted by molar-refractivity contribution is -0.123. The lowest BCUT2D eigenvalue weighted by Crippen LogP contribution is -2.36. The third-order valence-electron chi connectivity index (χ3n) is 4.95. The number of nitrogens with zero attached hydrogens (tertiary/aromatic N) is 1. The molecule has 9 nitrogen and oxygen atoms in total. The van der Waals surface area contributed by atoms with Gasteiger partial charge in [-0.05, 0) is 49.4 Å². The van der Waals surface area contributed by atoms with Gasteiger partial charge in [0, 0.05) is 33.4 Å². The van der Waals surface area contributed by atoms with Crippen molar-refractivity contribution in [1.29, 1.82) is 0 Å². The second-order valence-electron chi connectivity index (χ2n) is 7.39. The number of aromatic nitrogens is 2. The summed E-state index contributed by atoms with van der Waals surface area (Å²) in [6, 6.07) is 11.0. The van der Waals surface area contributed by atoms with Crippen molar-refractivity contribution in [2.24, 2.45) is 0 Å². The maximum Gasteiger partial charge on any atom is 0.258 e. The number of benzene rings is 2. The Morgan fingerprint density at radius 1 is 1.03 bits per heavy atom. The van der Waals surface area contributed by atoms with Crippen LogP contribution in [-0.2, 0) is 9.59 Å². The predicted octanol–water partition coefficient (Wildman–Crippen LogP) is 4.09. The van der Waals surface area contributed by atoms with Crippen LogP contribution < -0.4 is 21.5 Å². The van der Waals surface area contributed by atoms with Gasteiger partial charge in [0.2, 0.25) is 17.8 Å². The highest BCUT2D eigenvalue weighted by Gasteiger charge is 2.34. The SMILES string of the molecule is CC(=O)c1ccc(NC(=O)C2CC(=O)Nc3nc(Nc4cc(Cl)cc(Cl)c4)[nH]c(=O)c32)cc1. The number of halogens is 2. The highest BCUT2D eigenvalue weighted by atomic mass is 35.5. The van der Waals surface area contributed by atoms with Crippen LogP contribution in [-0.4, -0.2) is 27.6 Å². The van der Waals surface area contributed by atoms with E-state index >= 15 is 0 Å². The Hall–Kier alpha value is -3.69. The highest BCUT2D eigenvalue weighted by molar-refractivity contribution is 6.35. The predicted molar refractivity (Wildman–Crippen MR) is 126 cm³/mol. The summed E-state index contributed by atoms with van der Waals surface area (Å²) in [4.78, 5) is 56.2. The van der Waals surface area contributed by atoms with Crippen LogP contribution in [0.2, 0.25) is 10.0 Å². The number of ketones is 1. The fourth-order valence-electron chi connectivity index (χ4n) is 3.43. The van der Waals surface area contributed by atoms with E-state index in [0.717, 1.165) is 0 Å². The van der Waals surface area contributed by atoms with Crippen molar-refractivity contribution < 1.29 is 14.4 Å². The molecule has 0 fully saturated rings. The van der Waals surface area contributed by atoms with Gasteiger partial charge in [0.1, 0.15) is 5.82 Å². The summed E-state index contributed by atoms with van der Waals surface area (Å²) in [5, 5.41) is 8.85. The van der Waals surface area contributed by atoms with E-state index in [9.17, 15) is 19.2 Å². The van der Waals surface area contributed by atoms with E-state index in [4.69, 9.17) is 23.2 Å². The molecule has 0 saturated carbocycles. The van der Waals surface area contributed by atoms with Crippen LogP contribution in [0.5, 0.6) is 0 Å². The van der Waals surface area contributed by atoms with Gasteiger partial charge in [0.25, 0.3) is 5.56 Å². The van der Waals surface area contributed by atoms with E-state index in [1.807, 2.05) is 0 Å². The van der Waals surface area contributed by atoms with Gasteiger partial charge in [0.15, 0.2) is 5.78 Å². The van der Waals surface area contributed by atoms with Crippen LogP contribution in [0.15, 0.2) is 47.3 Å². The Morgan fingerprint density at radius 2 is 1.70 bits per heavy atom. The van der Waals surface area contributed by atoms with Crippen molar-refractivity contribution in [1.82, 2.24) is 9.97 Å². The average molecular weight is 486 g/mol. The highest BCUT2D eigenvalue weighted by Crippen LogP contribution is 2.31. The molecule has 1 aliphatic rings. The normalized spacial score (nSPS) is 14.8. The average Bonchev–Trinajstić information content (AvgIpc) is 2.72. The lowest BCUT2D eigenvalue weighted by Gasteiger charge is -2.23. The van der Waals surface area contributed by atoms with Crippen LogP contribution in [0.3, 0.4) is 0 Å². The molecule has 2 amide bonds. The molecule has 11 heteroatoms. The Kier molecular flexibility index (Phi) is 6.17. The van der Waals surface area contributed by atoms with Crippen LogP contribution in [0.4, 0.5) is 23.1 Å². The number of rotatable bonds is 5. The molecule has 33 heavy (non-hydrogen) atoms. The fraction of sp³-hybridized carbons (Fsp3) is 0.136. The number of H-pyrrole nitrogens is 1. The minimum Gasteiger partial charge on any atom is -0.326 e. The molecule has 4 rings (SSSR count). The summed E-state index contributed by atoms with van der Waals surface area (Å²) >= 11 is 12.0. The van der Waals surface area contributed by atoms with Crippen molar-refractivity contribution in [2.75, 3.05) is 16.0 Å². The fourth-order valence-corrected chi connectivity index (χ4v) is 3.96. The first kappa shape index (κ1) is 22.5. The number of anilines is 4. The van der Waals surface area contributed by atoms with E-state index in [1.54, 1.807) is 42.5 Å². The number of hydrogen-bond acceptors (Lipinski definition) is 6.